The van der Waals surface area contributed by atoms with Gasteiger partial charge in [-0.2, -0.15) is 0 Å². The van der Waals surface area contributed by atoms with Crippen LogP contribution in [0.3, 0.4) is 0 Å². The van der Waals surface area contributed by atoms with E-state index in [2.05, 4.69) is 21.4 Å². The van der Waals surface area contributed by atoms with E-state index in [0.29, 0.717) is 5.82 Å². The van der Waals surface area contributed by atoms with Crippen molar-refractivity contribution in [2.45, 2.75) is 12.5 Å². The van der Waals surface area contributed by atoms with E-state index in [1.807, 2.05) is 0 Å². The number of nitrogens with one attached hydrogen (secondary N) is 1. The molecule has 2 N–H and O–H groups in total. The van der Waals surface area contributed by atoms with Crippen molar-refractivity contribution in [3.8, 4) is 12.3 Å². The SMILES string of the molecule is C#CCC(Nc1ccc(Cl)nn1)C(=O)O. The van der Waals surface area contributed by atoms with Crippen LogP contribution in [0.4, 0.5) is 5.82 Å². The molecule has 0 aliphatic heterocycles. The Morgan fingerprint density at radius 2 is 2.40 bits per heavy atom. The fourth-order valence-electron chi connectivity index (χ4n) is 0.889. The Kier molecular flexibility index (Phi) is 3.89. The van der Waals surface area contributed by atoms with Crippen LogP contribution in [0.1, 0.15) is 6.42 Å². The van der Waals surface area contributed by atoms with Gasteiger partial charge in [-0.1, -0.05) is 11.6 Å². The number of carboxylic acids is 1. The molecule has 15 heavy (non-hydrogen) atoms. The van der Waals surface area contributed by atoms with E-state index in [1.165, 1.54) is 12.1 Å². The van der Waals surface area contributed by atoms with Gasteiger partial charge in [0.1, 0.15) is 11.9 Å². The quantitative estimate of drug-likeness (QED) is 0.749. The Morgan fingerprint density at radius 3 is 2.87 bits per heavy atom. The zero-order valence-electron chi connectivity index (χ0n) is 7.64. The number of anilines is 1. The molecule has 0 bridgehead atoms. The van der Waals surface area contributed by atoms with Crippen molar-refractivity contribution in [1.82, 2.24) is 10.2 Å². The monoisotopic (exact) mass is 225 g/mol. The second kappa shape index (κ2) is 5.17. The van der Waals surface area contributed by atoms with Gasteiger partial charge in [0.2, 0.25) is 0 Å². The molecule has 0 saturated heterocycles. The smallest absolute Gasteiger partial charge is 0.327 e. The molecular formula is C9H8ClN3O2. The number of hydrogen-bond donors (Lipinski definition) is 2. The largest absolute Gasteiger partial charge is 0.480 e. The summed E-state index contributed by atoms with van der Waals surface area (Å²) >= 11 is 5.52. The summed E-state index contributed by atoms with van der Waals surface area (Å²) in [5, 5.41) is 18.9. The van der Waals surface area contributed by atoms with Crippen LogP contribution in [0.2, 0.25) is 5.15 Å². The number of aromatic nitrogens is 2. The normalized spacial score (nSPS) is 11.5. The van der Waals surface area contributed by atoms with E-state index in [-0.39, 0.29) is 11.6 Å². The van der Waals surface area contributed by atoms with Crippen molar-refractivity contribution in [1.29, 1.82) is 0 Å². The van der Waals surface area contributed by atoms with Crippen molar-refractivity contribution in [2.24, 2.45) is 0 Å². The maximum atomic E-state index is 10.7. The minimum atomic E-state index is -1.04. The molecule has 0 spiro atoms. The number of terminal acetylenes is 1. The first-order chi connectivity index (χ1) is 7.13. The predicted molar refractivity (Wildman–Crippen MR) is 55.5 cm³/mol. The molecule has 1 unspecified atom stereocenters. The van der Waals surface area contributed by atoms with Gasteiger partial charge in [-0.3, -0.25) is 0 Å². The van der Waals surface area contributed by atoms with E-state index in [9.17, 15) is 4.79 Å². The minimum Gasteiger partial charge on any atom is -0.480 e. The number of hydrogen-bond acceptors (Lipinski definition) is 4. The van der Waals surface area contributed by atoms with Gasteiger partial charge >= 0.3 is 5.97 Å². The molecule has 0 amide bonds. The van der Waals surface area contributed by atoms with Crippen molar-refractivity contribution in [2.75, 3.05) is 5.32 Å². The summed E-state index contributed by atoms with van der Waals surface area (Å²) in [4.78, 5) is 10.7. The maximum Gasteiger partial charge on any atom is 0.327 e. The molecule has 0 saturated carbocycles. The summed E-state index contributed by atoms with van der Waals surface area (Å²) in [7, 11) is 0. The van der Waals surface area contributed by atoms with Crippen LogP contribution >= 0.6 is 11.6 Å². The number of carbonyl (C=O) groups is 1. The van der Waals surface area contributed by atoms with Crippen LogP contribution in [0.25, 0.3) is 0 Å². The van der Waals surface area contributed by atoms with Gasteiger partial charge in [-0.05, 0) is 12.1 Å². The summed E-state index contributed by atoms with van der Waals surface area (Å²) in [6.07, 6.45) is 5.10. The van der Waals surface area contributed by atoms with E-state index >= 15 is 0 Å². The highest BCUT2D eigenvalue weighted by atomic mass is 35.5. The van der Waals surface area contributed by atoms with E-state index in [1.54, 1.807) is 0 Å². The molecule has 0 fully saturated rings. The lowest BCUT2D eigenvalue weighted by Gasteiger charge is -2.11. The second-order valence-electron chi connectivity index (χ2n) is 2.68. The van der Waals surface area contributed by atoms with Crippen LogP contribution in [0.15, 0.2) is 12.1 Å². The Balaban J connectivity index is 2.70. The standard InChI is InChI=1S/C9H8ClN3O2/c1-2-3-6(9(14)15)11-8-5-4-7(10)12-13-8/h1,4-6H,3H2,(H,11,13)(H,14,15). The molecule has 0 aromatic carbocycles. The summed E-state index contributed by atoms with van der Waals surface area (Å²) < 4.78 is 0. The van der Waals surface area contributed by atoms with Crippen LogP contribution in [0.5, 0.6) is 0 Å². The fourth-order valence-corrected chi connectivity index (χ4v) is 0.990. The highest BCUT2D eigenvalue weighted by molar-refractivity contribution is 6.29. The first-order valence-electron chi connectivity index (χ1n) is 4.05. The van der Waals surface area contributed by atoms with Crippen molar-refractivity contribution >= 4 is 23.4 Å². The molecule has 0 aliphatic rings. The van der Waals surface area contributed by atoms with Gasteiger partial charge < -0.3 is 10.4 Å². The first kappa shape index (κ1) is 11.3. The lowest BCUT2D eigenvalue weighted by Crippen LogP contribution is -2.29. The van der Waals surface area contributed by atoms with Gasteiger partial charge in [0, 0.05) is 6.42 Å². The van der Waals surface area contributed by atoms with E-state index in [4.69, 9.17) is 23.1 Å². The predicted octanol–water partition coefficient (Wildman–Crippen LogP) is 1.02. The molecule has 78 valence electrons. The molecule has 0 aliphatic carbocycles. The van der Waals surface area contributed by atoms with Gasteiger partial charge in [0.25, 0.3) is 0 Å². The fraction of sp³-hybridized carbons (Fsp3) is 0.222. The molecule has 1 aromatic rings. The average molecular weight is 226 g/mol. The summed E-state index contributed by atoms with van der Waals surface area (Å²) in [5.74, 6) is 1.55. The van der Waals surface area contributed by atoms with Crippen LogP contribution in [-0.2, 0) is 4.79 Å². The van der Waals surface area contributed by atoms with E-state index < -0.39 is 12.0 Å². The number of rotatable bonds is 4. The van der Waals surface area contributed by atoms with Crippen molar-refractivity contribution in [3.05, 3.63) is 17.3 Å². The van der Waals surface area contributed by atoms with Crippen LogP contribution < -0.4 is 5.32 Å². The van der Waals surface area contributed by atoms with Gasteiger partial charge in [0.05, 0.1) is 0 Å². The highest BCUT2D eigenvalue weighted by Crippen LogP contribution is 2.08. The number of aliphatic carboxylic acids is 1. The zero-order valence-corrected chi connectivity index (χ0v) is 8.40. The summed E-state index contributed by atoms with van der Waals surface area (Å²) in [6, 6.07) is 2.17. The summed E-state index contributed by atoms with van der Waals surface area (Å²) in [6.45, 7) is 0. The molecule has 1 aromatic heterocycles. The van der Waals surface area contributed by atoms with Gasteiger partial charge in [-0.15, -0.1) is 22.5 Å². The Labute approximate surface area is 91.5 Å². The highest BCUT2D eigenvalue weighted by Gasteiger charge is 2.16. The lowest BCUT2D eigenvalue weighted by atomic mass is 10.2. The molecular weight excluding hydrogens is 218 g/mol. The minimum absolute atomic E-state index is 0.0691. The molecule has 1 atom stereocenters. The Hall–Kier alpha value is -1.80. The van der Waals surface area contributed by atoms with Gasteiger partial charge in [0.15, 0.2) is 5.15 Å². The lowest BCUT2D eigenvalue weighted by molar-refractivity contribution is -0.137. The zero-order chi connectivity index (χ0) is 11.3. The van der Waals surface area contributed by atoms with E-state index in [0.717, 1.165) is 0 Å². The van der Waals surface area contributed by atoms with Crippen molar-refractivity contribution in [3.63, 3.8) is 0 Å². The topological polar surface area (TPSA) is 75.1 Å². The first-order valence-corrected chi connectivity index (χ1v) is 4.43. The molecule has 5 nitrogen and oxygen atoms in total. The molecule has 6 heteroatoms. The molecule has 1 rings (SSSR count). The van der Waals surface area contributed by atoms with Crippen LogP contribution in [0, 0.1) is 12.3 Å². The third-order valence-electron chi connectivity index (χ3n) is 1.57. The summed E-state index contributed by atoms with van der Waals surface area (Å²) in [5.41, 5.74) is 0. The number of carboxylic acid groups (broad SMARTS) is 1. The van der Waals surface area contributed by atoms with Gasteiger partial charge in [-0.25, -0.2) is 4.79 Å². The maximum absolute atomic E-state index is 10.7. The Morgan fingerprint density at radius 1 is 1.67 bits per heavy atom. The second-order valence-corrected chi connectivity index (χ2v) is 3.07. The third-order valence-corrected chi connectivity index (χ3v) is 1.78. The Bertz CT molecular complexity index is 385. The average Bonchev–Trinajstić information content (AvgIpc) is 2.20. The van der Waals surface area contributed by atoms with Crippen molar-refractivity contribution < 1.29 is 9.90 Å². The number of halogens is 1. The molecule has 0 radical (unpaired) electrons. The molecule has 1 heterocycles. The number of nitrogens with zero attached hydrogens (tertiary/aromatic N) is 2. The third kappa shape index (κ3) is 3.44. The van der Waals surface area contributed by atoms with Crippen LogP contribution in [-0.4, -0.2) is 27.3 Å².